The van der Waals surface area contributed by atoms with Gasteiger partial charge in [0.15, 0.2) is 5.84 Å². The van der Waals surface area contributed by atoms with E-state index in [2.05, 4.69) is 9.73 Å². The molecule has 4 nitrogen and oxygen atoms in total. The molecule has 1 aromatic rings. The minimum absolute atomic E-state index is 0.00750. The normalized spacial score (nSPS) is 15.2. The van der Waals surface area contributed by atoms with Gasteiger partial charge in [-0.2, -0.15) is 26.3 Å². The summed E-state index contributed by atoms with van der Waals surface area (Å²) >= 11 is 0. The molecule has 0 aromatic heterocycles. The smallest absolute Gasteiger partial charge is 0.434 e. The van der Waals surface area contributed by atoms with Gasteiger partial charge >= 0.3 is 12.4 Å². The highest BCUT2D eigenvalue weighted by molar-refractivity contribution is 6.20. The second-order valence-electron chi connectivity index (χ2n) is 4.13. The minimum Gasteiger partial charge on any atom is -0.471 e. The van der Waals surface area contributed by atoms with E-state index in [1.165, 1.54) is 0 Å². The third-order valence-electron chi connectivity index (χ3n) is 2.60. The molecule has 1 aromatic carbocycles. The van der Waals surface area contributed by atoms with Crippen molar-refractivity contribution in [2.24, 2.45) is 10.7 Å². The molecule has 0 amide bonds. The van der Waals surface area contributed by atoms with Crippen LogP contribution in [0.5, 0.6) is 5.75 Å². The summed E-state index contributed by atoms with van der Waals surface area (Å²) in [5.74, 6) is -1.07. The molecule has 1 heterocycles. The monoisotopic (exact) mass is 311 g/mol. The lowest BCUT2D eigenvalue weighted by Crippen LogP contribution is -2.46. The van der Waals surface area contributed by atoms with Crippen molar-refractivity contribution in [3.63, 3.8) is 0 Å². The maximum Gasteiger partial charge on any atom is 0.434 e. The number of nitrogens with two attached hydrogens (primary N) is 1. The van der Waals surface area contributed by atoms with Crippen molar-refractivity contribution >= 4 is 11.7 Å². The summed E-state index contributed by atoms with van der Waals surface area (Å²) in [6, 6.07) is 2.92. The van der Waals surface area contributed by atoms with Gasteiger partial charge in [0.1, 0.15) is 11.6 Å². The molecule has 10 heteroatoms. The van der Waals surface area contributed by atoms with E-state index in [9.17, 15) is 26.3 Å². The van der Waals surface area contributed by atoms with Crippen LogP contribution in [-0.2, 0) is 0 Å². The quantitative estimate of drug-likeness (QED) is 0.824. The molecule has 1 aliphatic heterocycles. The third kappa shape index (κ3) is 2.93. The van der Waals surface area contributed by atoms with Crippen LogP contribution >= 0.6 is 0 Å². The first-order valence-electron chi connectivity index (χ1n) is 5.37. The van der Waals surface area contributed by atoms with Crippen molar-refractivity contribution < 1.29 is 31.1 Å². The Morgan fingerprint density at radius 2 is 1.62 bits per heavy atom. The molecular weight excluding hydrogens is 304 g/mol. The number of alkyl halides is 6. The Balaban J connectivity index is 2.33. The van der Waals surface area contributed by atoms with E-state index in [-0.39, 0.29) is 22.8 Å². The number of aliphatic imine (C=N–C) groups is 1. The van der Waals surface area contributed by atoms with Crippen LogP contribution in [0.15, 0.2) is 23.2 Å². The average molecular weight is 311 g/mol. The molecule has 2 rings (SSSR count). The van der Waals surface area contributed by atoms with E-state index < -0.39 is 24.2 Å². The van der Waals surface area contributed by atoms with E-state index in [1.54, 1.807) is 0 Å². The molecule has 21 heavy (non-hydrogen) atoms. The SMILES string of the molecule is N=C1N=C(N)c2ccc(OC(C(F)(F)F)C(F)(F)F)cc21. The summed E-state index contributed by atoms with van der Waals surface area (Å²) in [7, 11) is 0. The zero-order valence-electron chi connectivity index (χ0n) is 10.0. The van der Waals surface area contributed by atoms with Crippen molar-refractivity contribution in [1.82, 2.24) is 0 Å². The molecule has 0 saturated heterocycles. The molecule has 0 spiro atoms. The van der Waals surface area contributed by atoms with Gasteiger partial charge in [-0.15, -0.1) is 0 Å². The Hall–Kier alpha value is -2.26. The molecule has 1 aliphatic rings. The van der Waals surface area contributed by atoms with E-state index in [1.807, 2.05) is 0 Å². The first-order chi connectivity index (χ1) is 9.50. The van der Waals surface area contributed by atoms with Crippen LogP contribution in [0.2, 0.25) is 0 Å². The Morgan fingerprint density at radius 1 is 1.05 bits per heavy atom. The van der Waals surface area contributed by atoms with Gasteiger partial charge in [-0.3, -0.25) is 5.41 Å². The number of halogens is 6. The first kappa shape index (κ1) is 15.1. The summed E-state index contributed by atoms with van der Waals surface area (Å²) in [5.41, 5.74) is 5.70. The summed E-state index contributed by atoms with van der Waals surface area (Å²) in [6.45, 7) is 0. The van der Waals surface area contributed by atoms with E-state index in [0.717, 1.165) is 18.2 Å². The van der Waals surface area contributed by atoms with E-state index >= 15 is 0 Å². The second kappa shape index (κ2) is 4.64. The number of rotatable bonds is 2. The number of fused-ring (bicyclic) bond motifs is 1. The minimum atomic E-state index is -5.61. The fourth-order valence-electron chi connectivity index (χ4n) is 1.71. The summed E-state index contributed by atoms with van der Waals surface area (Å²) in [5, 5.41) is 7.42. The van der Waals surface area contributed by atoms with Crippen LogP contribution in [-0.4, -0.2) is 30.1 Å². The van der Waals surface area contributed by atoms with Crippen LogP contribution in [0.25, 0.3) is 0 Å². The molecule has 0 atom stereocenters. The van der Waals surface area contributed by atoms with Crippen LogP contribution in [0.4, 0.5) is 26.3 Å². The maximum atomic E-state index is 12.4. The van der Waals surface area contributed by atoms with Gasteiger partial charge in [-0.25, -0.2) is 4.99 Å². The van der Waals surface area contributed by atoms with Gasteiger partial charge in [-0.05, 0) is 18.2 Å². The molecule has 114 valence electrons. The highest BCUT2D eigenvalue weighted by atomic mass is 19.4. The van der Waals surface area contributed by atoms with Crippen LogP contribution in [0.3, 0.4) is 0 Å². The topological polar surface area (TPSA) is 71.5 Å². The van der Waals surface area contributed by atoms with Crippen molar-refractivity contribution in [1.29, 1.82) is 5.41 Å². The molecular formula is C11H7F6N3O. The highest BCUT2D eigenvalue weighted by Crippen LogP contribution is 2.37. The predicted octanol–water partition coefficient (Wildman–Crippen LogP) is 2.60. The van der Waals surface area contributed by atoms with Gasteiger partial charge in [0.05, 0.1) is 0 Å². The number of hydrogen-bond donors (Lipinski definition) is 2. The standard InChI is InChI=1S/C11H7F6N3O/c12-10(13,14)9(11(15,16)17)21-4-1-2-5-6(3-4)8(19)20-7(5)18/h1-3,9H,(H3,18,19,20). The highest BCUT2D eigenvalue weighted by Gasteiger charge is 2.59. The van der Waals surface area contributed by atoms with Gasteiger partial charge in [0, 0.05) is 11.1 Å². The fraction of sp³-hybridized carbons (Fsp3) is 0.273. The molecule has 0 saturated carbocycles. The molecule has 0 aliphatic carbocycles. The zero-order valence-corrected chi connectivity index (χ0v) is 10.0. The lowest BCUT2D eigenvalue weighted by molar-refractivity contribution is -0.299. The lowest BCUT2D eigenvalue weighted by atomic mass is 10.1. The van der Waals surface area contributed by atoms with E-state index in [4.69, 9.17) is 11.1 Å². The van der Waals surface area contributed by atoms with Gasteiger partial charge in [0.2, 0.25) is 0 Å². The lowest BCUT2D eigenvalue weighted by Gasteiger charge is -2.24. The van der Waals surface area contributed by atoms with Gasteiger partial charge in [0.25, 0.3) is 6.10 Å². The molecule has 0 radical (unpaired) electrons. The Kier molecular flexibility index (Phi) is 3.34. The Labute approximate surface area is 113 Å². The van der Waals surface area contributed by atoms with Gasteiger partial charge in [-0.1, -0.05) is 0 Å². The maximum absolute atomic E-state index is 12.4. The molecule has 0 unspecified atom stereocenters. The van der Waals surface area contributed by atoms with Crippen LogP contribution in [0.1, 0.15) is 11.1 Å². The number of amidine groups is 2. The first-order valence-corrected chi connectivity index (χ1v) is 5.37. The Bertz CT molecular complexity index is 605. The molecule has 0 bridgehead atoms. The largest absolute Gasteiger partial charge is 0.471 e. The fourth-order valence-corrected chi connectivity index (χ4v) is 1.71. The number of hydrogen-bond acceptors (Lipinski definition) is 3. The third-order valence-corrected chi connectivity index (χ3v) is 2.60. The van der Waals surface area contributed by atoms with Gasteiger partial charge < -0.3 is 10.5 Å². The van der Waals surface area contributed by atoms with Crippen molar-refractivity contribution in [2.75, 3.05) is 0 Å². The predicted molar refractivity (Wildman–Crippen MR) is 60.5 cm³/mol. The van der Waals surface area contributed by atoms with Crippen LogP contribution in [0, 0.1) is 5.41 Å². The number of nitrogens with one attached hydrogen (secondary N) is 1. The Morgan fingerprint density at radius 3 is 2.14 bits per heavy atom. The summed E-state index contributed by atoms with van der Waals surface area (Å²) in [6.07, 6.45) is -15.2. The molecule has 0 fully saturated rings. The summed E-state index contributed by atoms with van der Waals surface area (Å²) < 4.78 is 78.3. The van der Waals surface area contributed by atoms with Crippen molar-refractivity contribution in [2.45, 2.75) is 18.5 Å². The van der Waals surface area contributed by atoms with Crippen molar-refractivity contribution in [3.05, 3.63) is 29.3 Å². The second-order valence-corrected chi connectivity index (χ2v) is 4.13. The van der Waals surface area contributed by atoms with Crippen LogP contribution < -0.4 is 10.5 Å². The number of nitrogens with zero attached hydrogens (tertiary/aromatic N) is 1. The van der Waals surface area contributed by atoms with E-state index in [0.29, 0.717) is 0 Å². The zero-order chi connectivity index (χ0) is 16.0. The number of benzene rings is 1. The number of ether oxygens (including phenoxy) is 1. The van der Waals surface area contributed by atoms with Crippen molar-refractivity contribution in [3.8, 4) is 5.75 Å². The average Bonchev–Trinajstić information content (AvgIpc) is 2.59. The summed E-state index contributed by atoms with van der Waals surface area (Å²) in [4.78, 5) is 3.55. The molecule has 3 N–H and O–H groups in total.